The highest BCUT2D eigenvalue weighted by molar-refractivity contribution is 5.26. The molecule has 2 aliphatic carbocycles. The first-order valence-electron chi connectivity index (χ1n) is 6.52. The van der Waals surface area contributed by atoms with E-state index in [0.717, 1.165) is 18.3 Å². The van der Waals surface area contributed by atoms with Crippen LogP contribution in [0.1, 0.15) is 31.2 Å². The van der Waals surface area contributed by atoms with Crippen molar-refractivity contribution in [3.63, 3.8) is 0 Å². The third-order valence-electron chi connectivity index (χ3n) is 4.55. The van der Waals surface area contributed by atoms with Gasteiger partial charge in [0, 0.05) is 17.8 Å². The summed E-state index contributed by atoms with van der Waals surface area (Å²) >= 11 is 0. The molecule has 2 atom stereocenters. The molecule has 1 aromatic heterocycles. The molecule has 1 heterocycles. The van der Waals surface area contributed by atoms with E-state index in [4.69, 9.17) is 10.5 Å². The first kappa shape index (κ1) is 11.0. The highest BCUT2D eigenvalue weighted by atomic mass is 16.5. The minimum atomic E-state index is 0.0623. The predicted molar refractivity (Wildman–Crippen MR) is 66.9 cm³/mol. The van der Waals surface area contributed by atoms with Crippen molar-refractivity contribution in [2.45, 2.75) is 37.6 Å². The van der Waals surface area contributed by atoms with Gasteiger partial charge in [0.2, 0.25) is 5.88 Å². The van der Waals surface area contributed by atoms with Crippen LogP contribution in [0.2, 0.25) is 0 Å². The van der Waals surface area contributed by atoms with Crippen molar-refractivity contribution in [3.05, 3.63) is 23.9 Å². The Morgan fingerprint density at radius 1 is 1.35 bits per heavy atom. The van der Waals surface area contributed by atoms with E-state index in [0.29, 0.717) is 5.88 Å². The first-order chi connectivity index (χ1) is 8.24. The van der Waals surface area contributed by atoms with Gasteiger partial charge in [0.25, 0.3) is 0 Å². The van der Waals surface area contributed by atoms with Gasteiger partial charge in [-0.15, -0.1) is 0 Å². The van der Waals surface area contributed by atoms with Gasteiger partial charge in [-0.2, -0.15) is 0 Å². The topological polar surface area (TPSA) is 48.1 Å². The Kier molecular flexibility index (Phi) is 2.58. The normalized spacial score (nSPS) is 35.2. The molecule has 0 bridgehead atoms. The number of nitrogens with two attached hydrogens (primary N) is 1. The third-order valence-corrected chi connectivity index (χ3v) is 4.55. The Balaban J connectivity index is 1.70. The highest BCUT2D eigenvalue weighted by Gasteiger charge is 2.61. The zero-order valence-corrected chi connectivity index (χ0v) is 10.4. The van der Waals surface area contributed by atoms with Gasteiger partial charge >= 0.3 is 0 Å². The van der Waals surface area contributed by atoms with Crippen LogP contribution >= 0.6 is 0 Å². The van der Waals surface area contributed by atoms with Gasteiger partial charge in [-0.1, -0.05) is 18.9 Å². The van der Waals surface area contributed by atoms with Gasteiger partial charge in [-0.25, -0.2) is 4.98 Å². The molecule has 0 spiro atoms. The van der Waals surface area contributed by atoms with Crippen molar-refractivity contribution in [3.8, 4) is 5.88 Å². The summed E-state index contributed by atoms with van der Waals surface area (Å²) in [5.74, 6) is 2.20. The van der Waals surface area contributed by atoms with Crippen LogP contribution in [0.5, 0.6) is 5.88 Å². The largest absolute Gasteiger partial charge is 0.481 e. The van der Waals surface area contributed by atoms with Crippen LogP contribution in [-0.2, 0) is 6.42 Å². The summed E-state index contributed by atoms with van der Waals surface area (Å²) in [5.41, 5.74) is 7.84. The fraction of sp³-hybridized carbons (Fsp3) is 0.643. The summed E-state index contributed by atoms with van der Waals surface area (Å²) in [6.45, 7) is 0. The number of rotatable bonds is 3. The molecule has 2 aliphatic rings. The average molecular weight is 232 g/mol. The Bertz CT molecular complexity index is 389. The molecule has 0 saturated heterocycles. The fourth-order valence-electron chi connectivity index (χ4n) is 3.55. The van der Waals surface area contributed by atoms with E-state index in [1.165, 1.54) is 31.2 Å². The number of hydrogen-bond donors (Lipinski definition) is 1. The van der Waals surface area contributed by atoms with E-state index in [1.54, 1.807) is 7.11 Å². The maximum atomic E-state index is 6.54. The Hall–Kier alpha value is -1.09. The Labute approximate surface area is 102 Å². The molecule has 3 heteroatoms. The van der Waals surface area contributed by atoms with Gasteiger partial charge in [0.1, 0.15) is 0 Å². The molecular formula is C14H20N2O. The zero-order valence-electron chi connectivity index (χ0n) is 10.4. The number of fused-ring (bicyclic) bond motifs is 1. The lowest BCUT2D eigenvalue weighted by Crippen LogP contribution is -2.29. The molecule has 3 rings (SSSR count). The summed E-state index contributed by atoms with van der Waals surface area (Å²) in [5, 5.41) is 0. The standard InChI is InChI=1S/C14H20N2O/c1-17-13-7-6-10(9-16-13)8-14(15)11-4-2-3-5-12(11)14/h6-7,9,11-12H,2-5,8,15H2,1H3. The molecule has 2 saturated carbocycles. The second-order valence-electron chi connectivity index (χ2n) is 5.50. The molecule has 17 heavy (non-hydrogen) atoms. The van der Waals surface area contributed by atoms with Crippen molar-refractivity contribution < 1.29 is 4.74 Å². The molecule has 0 radical (unpaired) electrons. The van der Waals surface area contributed by atoms with E-state index in [9.17, 15) is 0 Å². The van der Waals surface area contributed by atoms with Gasteiger partial charge in [-0.3, -0.25) is 0 Å². The summed E-state index contributed by atoms with van der Waals surface area (Å²) in [7, 11) is 1.64. The molecule has 0 amide bonds. The molecule has 0 aromatic carbocycles. The number of hydrogen-bond acceptors (Lipinski definition) is 3. The molecule has 2 unspecified atom stereocenters. The summed E-state index contributed by atoms with van der Waals surface area (Å²) < 4.78 is 5.07. The molecule has 0 aliphatic heterocycles. The third kappa shape index (κ3) is 1.82. The van der Waals surface area contributed by atoms with Crippen LogP contribution in [0.25, 0.3) is 0 Å². The molecule has 1 aromatic rings. The van der Waals surface area contributed by atoms with E-state index < -0.39 is 0 Å². The van der Waals surface area contributed by atoms with Crippen molar-refractivity contribution in [2.75, 3.05) is 7.11 Å². The minimum absolute atomic E-state index is 0.0623. The molecule has 2 N–H and O–H groups in total. The number of methoxy groups -OCH3 is 1. The van der Waals surface area contributed by atoms with Crippen LogP contribution < -0.4 is 10.5 Å². The Morgan fingerprint density at radius 2 is 2.06 bits per heavy atom. The van der Waals surface area contributed by atoms with Crippen molar-refractivity contribution >= 4 is 0 Å². The number of pyridine rings is 1. The number of ether oxygens (including phenoxy) is 1. The molecular weight excluding hydrogens is 212 g/mol. The summed E-state index contributed by atoms with van der Waals surface area (Å²) in [6.07, 6.45) is 8.24. The van der Waals surface area contributed by atoms with Crippen molar-refractivity contribution in [2.24, 2.45) is 17.6 Å². The van der Waals surface area contributed by atoms with Crippen molar-refractivity contribution in [1.82, 2.24) is 4.98 Å². The number of aromatic nitrogens is 1. The number of nitrogens with zero attached hydrogens (tertiary/aromatic N) is 1. The maximum absolute atomic E-state index is 6.54. The van der Waals surface area contributed by atoms with Gasteiger partial charge in [0.05, 0.1) is 7.11 Å². The quantitative estimate of drug-likeness (QED) is 0.868. The predicted octanol–water partition coefficient (Wildman–Crippen LogP) is 2.15. The van der Waals surface area contributed by atoms with Crippen LogP contribution in [0.15, 0.2) is 18.3 Å². The lowest BCUT2D eigenvalue weighted by atomic mass is 10.0. The lowest BCUT2D eigenvalue weighted by Gasteiger charge is -2.11. The van der Waals surface area contributed by atoms with Crippen molar-refractivity contribution in [1.29, 1.82) is 0 Å². The van der Waals surface area contributed by atoms with Crippen LogP contribution in [-0.4, -0.2) is 17.6 Å². The highest BCUT2D eigenvalue weighted by Crippen LogP contribution is 2.58. The SMILES string of the molecule is COc1ccc(CC2(N)C3CCCCC32)cn1. The van der Waals surface area contributed by atoms with Gasteiger partial charge < -0.3 is 10.5 Å². The monoisotopic (exact) mass is 232 g/mol. The minimum Gasteiger partial charge on any atom is -0.481 e. The zero-order chi connectivity index (χ0) is 11.9. The smallest absolute Gasteiger partial charge is 0.212 e. The van der Waals surface area contributed by atoms with E-state index in [1.807, 2.05) is 12.3 Å². The van der Waals surface area contributed by atoms with Crippen LogP contribution in [0.3, 0.4) is 0 Å². The fourth-order valence-corrected chi connectivity index (χ4v) is 3.55. The lowest BCUT2D eigenvalue weighted by molar-refractivity contribution is 0.397. The Morgan fingerprint density at radius 3 is 2.59 bits per heavy atom. The van der Waals surface area contributed by atoms with E-state index in [-0.39, 0.29) is 5.54 Å². The first-order valence-corrected chi connectivity index (χ1v) is 6.52. The second-order valence-corrected chi connectivity index (χ2v) is 5.50. The molecule has 2 fully saturated rings. The summed E-state index contributed by atoms with van der Waals surface area (Å²) in [6, 6.07) is 4.01. The van der Waals surface area contributed by atoms with Gasteiger partial charge in [0.15, 0.2) is 0 Å². The average Bonchev–Trinajstić information content (AvgIpc) is 2.96. The van der Waals surface area contributed by atoms with E-state index >= 15 is 0 Å². The van der Waals surface area contributed by atoms with E-state index in [2.05, 4.69) is 11.1 Å². The maximum Gasteiger partial charge on any atom is 0.212 e. The van der Waals surface area contributed by atoms with Crippen LogP contribution in [0, 0.1) is 11.8 Å². The molecule has 92 valence electrons. The second kappa shape index (κ2) is 3.98. The van der Waals surface area contributed by atoms with Crippen LogP contribution in [0.4, 0.5) is 0 Å². The summed E-state index contributed by atoms with van der Waals surface area (Å²) in [4.78, 5) is 4.25. The molecule has 3 nitrogen and oxygen atoms in total. The van der Waals surface area contributed by atoms with Gasteiger partial charge in [-0.05, 0) is 36.7 Å².